The summed E-state index contributed by atoms with van der Waals surface area (Å²) in [6.07, 6.45) is 12.0. The van der Waals surface area contributed by atoms with Crippen molar-refractivity contribution < 1.29 is 15.0 Å². The molecule has 3 nitrogen and oxygen atoms in total. The molecule has 8 atom stereocenters. The summed E-state index contributed by atoms with van der Waals surface area (Å²) in [4.78, 5) is 12.6. The van der Waals surface area contributed by atoms with Crippen molar-refractivity contribution in [1.29, 1.82) is 0 Å². The number of aliphatic hydroxyl groups excluding tert-OH is 1. The standard InChI is InChI=1S/C29H44O3/c1-18-9-14-29(24(31)32)16-15-27(5)19(20(29)17-18)7-8-22-26(4)12-11-23(30)25(2,3)21(26)10-13-28(22,27)6/h7,20-23,30H,1,8-17H2,2-6H3,(H,31,32)/t20-,21-,22+,23-,26-,27+,28+,29-/m0/s1. The first-order valence-corrected chi connectivity index (χ1v) is 13.1. The number of carbonyl (C=O) groups is 1. The van der Waals surface area contributed by atoms with Crippen LogP contribution in [0.4, 0.5) is 0 Å². The van der Waals surface area contributed by atoms with Crippen molar-refractivity contribution in [3.8, 4) is 0 Å². The van der Waals surface area contributed by atoms with Crippen LogP contribution in [0.5, 0.6) is 0 Å². The number of aliphatic hydroxyl groups is 1. The van der Waals surface area contributed by atoms with E-state index in [0.717, 1.165) is 51.4 Å². The Kier molecular flexibility index (Phi) is 4.78. The van der Waals surface area contributed by atoms with Crippen LogP contribution < -0.4 is 0 Å². The van der Waals surface area contributed by atoms with E-state index in [-0.39, 0.29) is 33.7 Å². The van der Waals surface area contributed by atoms with Crippen molar-refractivity contribution in [1.82, 2.24) is 0 Å². The number of carboxylic acid groups (broad SMARTS) is 1. The molecule has 4 saturated carbocycles. The second kappa shape index (κ2) is 6.74. The van der Waals surface area contributed by atoms with Crippen LogP contribution in [0, 0.1) is 44.8 Å². The molecule has 0 saturated heterocycles. The van der Waals surface area contributed by atoms with Gasteiger partial charge < -0.3 is 10.2 Å². The lowest BCUT2D eigenvalue weighted by molar-refractivity contribution is -0.203. The van der Waals surface area contributed by atoms with Gasteiger partial charge in [-0.3, -0.25) is 4.79 Å². The molecule has 32 heavy (non-hydrogen) atoms. The van der Waals surface area contributed by atoms with E-state index < -0.39 is 11.4 Å². The van der Waals surface area contributed by atoms with Gasteiger partial charge in [0.1, 0.15) is 0 Å². The van der Waals surface area contributed by atoms with Crippen LogP contribution in [-0.2, 0) is 4.79 Å². The first-order chi connectivity index (χ1) is 14.8. The molecular weight excluding hydrogens is 396 g/mol. The van der Waals surface area contributed by atoms with Gasteiger partial charge in [0.05, 0.1) is 11.5 Å². The number of hydrogen-bond acceptors (Lipinski definition) is 2. The van der Waals surface area contributed by atoms with Crippen molar-refractivity contribution in [3.05, 3.63) is 23.8 Å². The van der Waals surface area contributed by atoms with E-state index in [2.05, 4.69) is 47.3 Å². The monoisotopic (exact) mass is 440 g/mol. The van der Waals surface area contributed by atoms with Crippen molar-refractivity contribution in [3.63, 3.8) is 0 Å². The van der Waals surface area contributed by atoms with E-state index in [1.807, 2.05) is 0 Å². The summed E-state index contributed by atoms with van der Waals surface area (Å²) in [6.45, 7) is 16.5. The number of carboxylic acids is 1. The second-order valence-electron chi connectivity index (χ2n) is 13.6. The summed E-state index contributed by atoms with van der Waals surface area (Å²) in [7, 11) is 0. The Hall–Kier alpha value is -1.09. The van der Waals surface area contributed by atoms with Crippen LogP contribution in [0.1, 0.15) is 98.8 Å². The SMILES string of the molecule is C=C1CC[C@]2(C(=O)O)CC[C@]3(C)C(=CC[C@@H]4[C@@]5(C)CC[C@H](O)C(C)(C)[C@@H]5CC[C@]43C)[C@@H]2C1. The third kappa shape index (κ3) is 2.55. The molecule has 5 aliphatic rings. The lowest BCUT2D eigenvalue weighted by Crippen LogP contribution is -2.64. The second-order valence-corrected chi connectivity index (χ2v) is 13.6. The Morgan fingerprint density at radius 3 is 2.41 bits per heavy atom. The van der Waals surface area contributed by atoms with E-state index in [9.17, 15) is 15.0 Å². The minimum absolute atomic E-state index is 0.0363. The zero-order valence-corrected chi connectivity index (χ0v) is 21.0. The van der Waals surface area contributed by atoms with Crippen LogP contribution >= 0.6 is 0 Å². The van der Waals surface area contributed by atoms with E-state index in [4.69, 9.17) is 0 Å². The van der Waals surface area contributed by atoms with Gasteiger partial charge in [-0.05, 0) is 97.7 Å². The third-order valence-electron chi connectivity index (χ3n) is 12.5. The molecular formula is C29H44O3. The summed E-state index contributed by atoms with van der Waals surface area (Å²) < 4.78 is 0. The highest BCUT2D eigenvalue weighted by Crippen LogP contribution is 2.75. The number of allylic oxidation sites excluding steroid dienone is 3. The molecule has 3 heteroatoms. The smallest absolute Gasteiger partial charge is 0.310 e. The maximum absolute atomic E-state index is 12.6. The fraction of sp³-hybridized carbons (Fsp3) is 0.828. The maximum atomic E-state index is 12.6. The molecule has 0 aromatic carbocycles. The van der Waals surface area contributed by atoms with Gasteiger partial charge >= 0.3 is 5.97 Å². The van der Waals surface area contributed by atoms with Gasteiger partial charge in [-0.1, -0.05) is 58.4 Å². The lowest BCUT2D eigenvalue weighted by atomic mass is 9.34. The largest absolute Gasteiger partial charge is 0.481 e. The van der Waals surface area contributed by atoms with E-state index >= 15 is 0 Å². The van der Waals surface area contributed by atoms with Gasteiger partial charge in [0.2, 0.25) is 0 Å². The fourth-order valence-electron chi connectivity index (χ4n) is 10.2. The first-order valence-electron chi connectivity index (χ1n) is 13.1. The molecule has 0 aromatic rings. The molecule has 0 spiro atoms. The van der Waals surface area contributed by atoms with Crippen molar-refractivity contribution in [2.24, 2.45) is 44.8 Å². The first kappa shape index (κ1) is 22.7. The van der Waals surface area contributed by atoms with Crippen LogP contribution in [0.3, 0.4) is 0 Å². The van der Waals surface area contributed by atoms with Gasteiger partial charge in [-0.25, -0.2) is 0 Å². The highest BCUT2D eigenvalue weighted by atomic mass is 16.4. The Morgan fingerprint density at radius 1 is 1.00 bits per heavy atom. The molecule has 5 aliphatic carbocycles. The summed E-state index contributed by atoms with van der Waals surface area (Å²) in [6, 6.07) is 0. The number of aliphatic carboxylic acids is 1. The molecule has 0 aromatic heterocycles. The topological polar surface area (TPSA) is 57.5 Å². The van der Waals surface area contributed by atoms with Crippen LogP contribution in [0.25, 0.3) is 0 Å². The van der Waals surface area contributed by atoms with E-state index in [0.29, 0.717) is 11.8 Å². The predicted octanol–water partition coefficient (Wildman–Crippen LogP) is 6.76. The molecule has 2 N–H and O–H groups in total. The van der Waals surface area contributed by atoms with Crippen LogP contribution in [-0.4, -0.2) is 22.3 Å². The Bertz CT molecular complexity index is 885. The molecule has 5 rings (SSSR count). The van der Waals surface area contributed by atoms with Crippen molar-refractivity contribution >= 4 is 5.97 Å². The molecule has 4 fully saturated rings. The number of rotatable bonds is 1. The zero-order valence-electron chi connectivity index (χ0n) is 21.0. The van der Waals surface area contributed by atoms with E-state index in [1.165, 1.54) is 24.0 Å². The summed E-state index contributed by atoms with van der Waals surface area (Å²) in [5.41, 5.74) is 2.55. The minimum Gasteiger partial charge on any atom is -0.481 e. The highest BCUT2D eigenvalue weighted by Gasteiger charge is 2.68. The van der Waals surface area contributed by atoms with Gasteiger partial charge in [0.15, 0.2) is 0 Å². The lowest BCUT2D eigenvalue weighted by Gasteiger charge is -2.70. The molecule has 0 amide bonds. The fourth-order valence-corrected chi connectivity index (χ4v) is 10.2. The number of fused-ring (bicyclic) bond motifs is 7. The third-order valence-corrected chi connectivity index (χ3v) is 12.5. The van der Waals surface area contributed by atoms with Gasteiger partial charge in [0, 0.05) is 5.92 Å². The van der Waals surface area contributed by atoms with Gasteiger partial charge in [-0.15, -0.1) is 0 Å². The Morgan fingerprint density at radius 2 is 1.72 bits per heavy atom. The molecule has 0 radical (unpaired) electrons. The summed E-state index contributed by atoms with van der Waals surface area (Å²) in [5, 5.41) is 21.2. The molecule has 0 unspecified atom stereocenters. The summed E-state index contributed by atoms with van der Waals surface area (Å²) >= 11 is 0. The van der Waals surface area contributed by atoms with Crippen molar-refractivity contribution in [2.45, 2.75) is 105 Å². The normalized spacial score (nSPS) is 52.1. The Labute approximate surface area is 194 Å². The predicted molar refractivity (Wildman–Crippen MR) is 128 cm³/mol. The molecule has 0 aliphatic heterocycles. The molecule has 178 valence electrons. The quantitative estimate of drug-likeness (QED) is 0.443. The average molecular weight is 441 g/mol. The van der Waals surface area contributed by atoms with E-state index in [1.54, 1.807) is 0 Å². The Balaban J connectivity index is 1.60. The molecule has 0 heterocycles. The van der Waals surface area contributed by atoms with Gasteiger partial charge in [-0.2, -0.15) is 0 Å². The average Bonchev–Trinajstić information content (AvgIpc) is 2.71. The maximum Gasteiger partial charge on any atom is 0.310 e. The summed E-state index contributed by atoms with van der Waals surface area (Å²) in [5.74, 6) is 0.682. The highest BCUT2D eigenvalue weighted by molar-refractivity contribution is 5.77. The zero-order chi connectivity index (χ0) is 23.3. The van der Waals surface area contributed by atoms with Crippen LogP contribution in [0.15, 0.2) is 23.8 Å². The minimum atomic E-state index is -0.590. The molecule has 0 bridgehead atoms. The van der Waals surface area contributed by atoms with Gasteiger partial charge in [0.25, 0.3) is 0 Å². The number of hydrogen-bond donors (Lipinski definition) is 2. The van der Waals surface area contributed by atoms with Crippen molar-refractivity contribution in [2.75, 3.05) is 0 Å². The van der Waals surface area contributed by atoms with Crippen LogP contribution in [0.2, 0.25) is 0 Å².